The van der Waals surface area contributed by atoms with Gasteiger partial charge in [-0.3, -0.25) is 0 Å². The molecule has 0 bridgehead atoms. The molecule has 0 unspecified atom stereocenters. The number of carbonyl (C=O) groups excluding carboxylic acids is 1. The highest BCUT2D eigenvalue weighted by molar-refractivity contribution is 5.89. The van der Waals surface area contributed by atoms with E-state index in [1.807, 2.05) is 19.9 Å². The minimum Gasteiger partial charge on any atom is -0.455 e. The fourth-order valence-corrected chi connectivity index (χ4v) is 2.36. The molecule has 0 saturated carbocycles. The number of halogens is 1. The molecule has 3 rings (SSSR count). The van der Waals surface area contributed by atoms with Gasteiger partial charge in [-0.25, -0.2) is 9.18 Å². The minimum atomic E-state index is -0.413. The third-order valence-corrected chi connectivity index (χ3v) is 3.72. The highest BCUT2D eigenvalue weighted by Crippen LogP contribution is 2.26. The summed E-state index contributed by atoms with van der Waals surface area (Å²) in [6, 6.07) is 13.1. The van der Waals surface area contributed by atoms with E-state index in [4.69, 9.17) is 9.26 Å². The summed E-state index contributed by atoms with van der Waals surface area (Å²) in [5.41, 5.74) is 3.50. The number of rotatable bonds is 4. The molecule has 122 valence electrons. The first-order valence-corrected chi connectivity index (χ1v) is 7.49. The van der Waals surface area contributed by atoms with Crippen molar-refractivity contribution in [2.45, 2.75) is 20.5 Å². The zero-order valence-corrected chi connectivity index (χ0v) is 13.4. The maximum Gasteiger partial charge on any atom is 0.338 e. The number of nitrogens with zero attached hydrogens (tertiary/aromatic N) is 1. The Morgan fingerprint density at radius 1 is 1.17 bits per heavy atom. The van der Waals surface area contributed by atoms with E-state index in [-0.39, 0.29) is 12.4 Å². The smallest absolute Gasteiger partial charge is 0.338 e. The summed E-state index contributed by atoms with van der Waals surface area (Å²) in [7, 11) is 0. The molecule has 0 N–H and O–H groups in total. The number of benzene rings is 2. The minimum absolute atomic E-state index is 0.0172. The Morgan fingerprint density at radius 2 is 1.92 bits per heavy atom. The molecule has 0 fully saturated rings. The van der Waals surface area contributed by atoms with Crippen LogP contribution in [0.15, 0.2) is 53.1 Å². The molecule has 5 heteroatoms. The predicted molar refractivity (Wildman–Crippen MR) is 86.9 cm³/mol. The molecule has 0 atom stereocenters. The van der Waals surface area contributed by atoms with Crippen molar-refractivity contribution in [1.82, 2.24) is 5.16 Å². The van der Waals surface area contributed by atoms with E-state index < -0.39 is 5.97 Å². The average molecular weight is 325 g/mol. The molecule has 0 radical (unpaired) electrons. The van der Waals surface area contributed by atoms with Gasteiger partial charge in [0.2, 0.25) is 0 Å². The van der Waals surface area contributed by atoms with Gasteiger partial charge in [0.15, 0.2) is 5.76 Å². The van der Waals surface area contributed by atoms with E-state index in [0.29, 0.717) is 17.0 Å². The molecule has 0 aliphatic carbocycles. The Balaban J connectivity index is 1.72. The van der Waals surface area contributed by atoms with Gasteiger partial charge in [-0.1, -0.05) is 22.9 Å². The van der Waals surface area contributed by atoms with Crippen molar-refractivity contribution in [2.24, 2.45) is 0 Å². The number of hydrogen-bond donors (Lipinski definition) is 0. The Hall–Kier alpha value is -2.95. The Bertz CT molecular complexity index is 869. The van der Waals surface area contributed by atoms with Crippen LogP contribution in [-0.4, -0.2) is 11.1 Å². The van der Waals surface area contributed by atoms with Gasteiger partial charge in [-0.05, 0) is 50.2 Å². The summed E-state index contributed by atoms with van der Waals surface area (Å²) < 4.78 is 23.6. The van der Waals surface area contributed by atoms with Crippen molar-refractivity contribution in [3.63, 3.8) is 0 Å². The lowest BCUT2D eigenvalue weighted by atomic mass is 10.1. The Labute approximate surface area is 138 Å². The maximum atomic E-state index is 13.0. The van der Waals surface area contributed by atoms with E-state index in [0.717, 1.165) is 16.7 Å². The second-order valence-corrected chi connectivity index (χ2v) is 5.54. The van der Waals surface area contributed by atoms with Crippen LogP contribution in [0.2, 0.25) is 0 Å². The van der Waals surface area contributed by atoms with Gasteiger partial charge in [0.25, 0.3) is 0 Å². The van der Waals surface area contributed by atoms with Gasteiger partial charge in [-0.2, -0.15) is 0 Å². The normalized spacial score (nSPS) is 10.6. The third kappa shape index (κ3) is 3.35. The predicted octanol–water partition coefficient (Wildman–Crippen LogP) is 4.45. The highest BCUT2D eigenvalue weighted by Gasteiger charge is 2.16. The summed E-state index contributed by atoms with van der Waals surface area (Å²) in [6.45, 7) is 3.75. The van der Waals surface area contributed by atoms with Gasteiger partial charge >= 0.3 is 5.97 Å². The van der Waals surface area contributed by atoms with Crippen molar-refractivity contribution in [3.8, 4) is 11.3 Å². The number of hydrogen-bond acceptors (Lipinski definition) is 4. The number of aryl methyl sites for hydroxylation is 1. The SMILES string of the molecule is Cc1cccc(C(=O)OCc2noc(-c3ccc(F)cc3)c2C)c1. The number of aromatic nitrogens is 1. The molecular weight excluding hydrogens is 309 g/mol. The van der Waals surface area contributed by atoms with E-state index in [2.05, 4.69) is 5.16 Å². The molecule has 0 aliphatic rings. The number of ether oxygens (including phenoxy) is 1. The van der Waals surface area contributed by atoms with E-state index in [1.54, 1.807) is 30.3 Å². The topological polar surface area (TPSA) is 52.3 Å². The fourth-order valence-electron chi connectivity index (χ4n) is 2.36. The summed E-state index contributed by atoms with van der Waals surface area (Å²) in [5.74, 6) is -0.190. The van der Waals surface area contributed by atoms with Crippen LogP contribution in [0, 0.1) is 19.7 Å². The van der Waals surface area contributed by atoms with Crippen molar-refractivity contribution >= 4 is 5.97 Å². The van der Waals surface area contributed by atoms with Crippen molar-refractivity contribution < 1.29 is 18.4 Å². The summed E-state index contributed by atoms with van der Waals surface area (Å²) in [6.07, 6.45) is 0. The first kappa shape index (κ1) is 15.9. The molecule has 1 heterocycles. The molecule has 1 aromatic heterocycles. The lowest BCUT2D eigenvalue weighted by molar-refractivity contribution is 0.0463. The average Bonchev–Trinajstić information content (AvgIpc) is 2.94. The quantitative estimate of drug-likeness (QED) is 0.665. The molecular formula is C19H16FNO3. The molecule has 0 saturated heterocycles. The zero-order valence-electron chi connectivity index (χ0n) is 13.4. The lowest BCUT2D eigenvalue weighted by Gasteiger charge is -2.04. The fraction of sp³-hybridized carbons (Fsp3) is 0.158. The molecule has 0 spiro atoms. The second-order valence-electron chi connectivity index (χ2n) is 5.54. The van der Waals surface area contributed by atoms with Crippen LogP contribution in [0.3, 0.4) is 0 Å². The van der Waals surface area contributed by atoms with Crippen molar-refractivity contribution in [3.05, 3.63) is 76.7 Å². The number of esters is 1. The monoisotopic (exact) mass is 325 g/mol. The van der Waals surface area contributed by atoms with E-state index >= 15 is 0 Å². The van der Waals surface area contributed by atoms with Crippen molar-refractivity contribution in [1.29, 1.82) is 0 Å². The first-order chi connectivity index (χ1) is 11.5. The molecule has 0 amide bonds. The van der Waals surface area contributed by atoms with Crippen molar-refractivity contribution in [2.75, 3.05) is 0 Å². The van der Waals surface area contributed by atoms with Gasteiger partial charge in [0.05, 0.1) is 5.56 Å². The van der Waals surface area contributed by atoms with Crippen LogP contribution in [0.25, 0.3) is 11.3 Å². The molecule has 0 aliphatic heterocycles. The summed E-state index contributed by atoms with van der Waals surface area (Å²) >= 11 is 0. The van der Waals surface area contributed by atoms with Crippen LogP contribution in [0.4, 0.5) is 4.39 Å². The van der Waals surface area contributed by atoms with Crippen LogP contribution in [0.5, 0.6) is 0 Å². The summed E-state index contributed by atoms with van der Waals surface area (Å²) in [4.78, 5) is 12.1. The zero-order chi connectivity index (χ0) is 17.1. The molecule has 2 aromatic carbocycles. The van der Waals surface area contributed by atoms with E-state index in [9.17, 15) is 9.18 Å². The Morgan fingerprint density at radius 3 is 2.62 bits per heavy atom. The maximum absolute atomic E-state index is 13.0. The van der Waals surface area contributed by atoms with Gasteiger partial charge in [0.1, 0.15) is 18.1 Å². The van der Waals surface area contributed by atoms with Gasteiger partial charge in [-0.15, -0.1) is 0 Å². The van der Waals surface area contributed by atoms with Crippen LogP contribution < -0.4 is 0 Å². The van der Waals surface area contributed by atoms with Gasteiger partial charge in [0, 0.05) is 11.1 Å². The highest BCUT2D eigenvalue weighted by atomic mass is 19.1. The summed E-state index contributed by atoms with van der Waals surface area (Å²) in [5, 5.41) is 3.95. The first-order valence-electron chi connectivity index (χ1n) is 7.49. The largest absolute Gasteiger partial charge is 0.455 e. The lowest BCUT2D eigenvalue weighted by Crippen LogP contribution is -2.06. The number of carbonyl (C=O) groups is 1. The third-order valence-electron chi connectivity index (χ3n) is 3.72. The second kappa shape index (κ2) is 6.66. The van der Waals surface area contributed by atoms with Gasteiger partial charge < -0.3 is 9.26 Å². The van der Waals surface area contributed by atoms with Crippen LogP contribution in [-0.2, 0) is 11.3 Å². The standard InChI is InChI=1S/C19H16FNO3/c1-12-4-3-5-15(10-12)19(22)23-11-17-13(2)18(24-21-17)14-6-8-16(20)9-7-14/h3-10H,11H2,1-2H3. The molecule has 24 heavy (non-hydrogen) atoms. The van der Waals surface area contributed by atoms with E-state index in [1.165, 1.54) is 12.1 Å². The molecule has 3 aromatic rings. The van der Waals surface area contributed by atoms with Crippen LogP contribution >= 0.6 is 0 Å². The Kier molecular flexibility index (Phi) is 4.42. The van der Waals surface area contributed by atoms with Crippen LogP contribution in [0.1, 0.15) is 27.2 Å². The molecule has 4 nitrogen and oxygen atoms in total.